The number of nitrogens with two attached hydrogens (primary N) is 1. The molecule has 5 amide bonds. The van der Waals surface area contributed by atoms with Gasteiger partial charge in [-0.05, 0) is 24.5 Å². The van der Waals surface area contributed by atoms with Gasteiger partial charge in [0.25, 0.3) is 11.8 Å². The summed E-state index contributed by atoms with van der Waals surface area (Å²) in [6.07, 6.45) is 0.329. The Morgan fingerprint density at radius 2 is 1.68 bits per heavy atom. The van der Waals surface area contributed by atoms with Gasteiger partial charge >= 0.3 is 6.03 Å². The smallest absolute Gasteiger partial charge is 0.325 e. The van der Waals surface area contributed by atoms with Crippen LogP contribution in [0.3, 0.4) is 0 Å². The molecule has 1 fully saturated rings. The van der Waals surface area contributed by atoms with Crippen LogP contribution in [0, 0.1) is 6.92 Å². The van der Waals surface area contributed by atoms with E-state index in [9.17, 15) is 19.2 Å². The molecule has 1 saturated heterocycles. The number of hydrogen-bond donors (Lipinski definition) is 3. The number of nitrogens with zero attached hydrogens (tertiary/aromatic N) is 1. The van der Waals surface area contributed by atoms with Crippen LogP contribution in [-0.4, -0.2) is 35.2 Å². The van der Waals surface area contributed by atoms with Crippen molar-refractivity contribution in [2.45, 2.75) is 25.8 Å². The number of benzene rings is 2. The normalized spacial score (nSPS) is 17.5. The Balaban J connectivity index is 1.59. The molecule has 2 heterocycles. The standard InChI is InChI=1S/C25H24N4O4S/c1-3-25(17-12-8-5-9-13-17)23(32)29(24(33)28-25)14-18(30)27-22-20(21(26)31)19(15(2)34-22)16-10-6-4-7-11-16/h4-13H,3,14H2,1-2H3,(H2,26,31)(H,27,30)(H,28,33). The van der Waals surface area contributed by atoms with E-state index in [1.165, 1.54) is 11.3 Å². The number of thiophene rings is 1. The van der Waals surface area contributed by atoms with Crippen molar-refractivity contribution in [3.8, 4) is 11.1 Å². The molecule has 9 heteroatoms. The lowest BCUT2D eigenvalue weighted by molar-refractivity contribution is -0.134. The fraction of sp³-hybridized carbons (Fsp3) is 0.200. The molecule has 1 unspecified atom stereocenters. The van der Waals surface area contributed by atoms with E-state index in [4.69, 9.17) is 5.73 Å². The molecular formula is C25H24N4O4S. The van der Waals surface area contributed by atoms with Crippen LogP contribution in [0.25, 0.3) is 11.1 Å². The van der Waals surface area contributed by atoms with Crippen LogP contribution in [0.1, 0.15) is 34.1 Å². The molecule has 34 heavy (non-hydrogen) atoms. The molecule has 1 atom stereocenters. The van der Waals surface area contributed by atoms with Crippen molar-refractivity contribution in [2.24, 2.45) is 5.73 Å². The quantitative estimate of drug-likeness (QED) is 0.451. The van der Waals surface area contributed by atoms with Crippen molar-refractivity contribution in [1.82, 2.24) is 10.2 Å². The zero-order chi connectivity index (χ0) is 24.5. The average molecular weight is 477 g/mol. The molecule has 0 saturated carbocycles. The van der Waals surface area contributed by atoms with E-state index in [0.717, 1.165) is 15.3 Å². The van der Waals surface area contributed by atoms with E-state index < -0.39 is 35.8 Å². The summed E-state index contributed by atoms with van der Waals surface area (Å²) in [6.45, 7) is 3.14. The van der Waals surface area contributed by atoms with Gasteiger partial charge in [0.1, 0.15) is 17.1 Å². The number of nitrogens with one attached hydrogen (secondary N) is 2. The van der Waals surface area contributed by atoms with Crippen LogP contribution in [0.5, 0.6) is 0 Å². The van der Waals surface area contributed by atoms with Gasteiger partial charge in [0, 0.05) is 10.4 Å². The van der Waals surface area contributed by atoms with Gasteiger partial charge in [0.05, 0.1) is 5.56 Å². The van der Waals surface area contributed by atoms with E-state index in [2.05, 4.69) is 10.6 Å². The summed E-state index contributed by atoms with van der Waals surface area (Å²) in [6, 6.07) is 17.6. The molecule has 1 aliphatic rings. The predicted molar refractivity (Wildman–Crippen MR) is 130 cm³/mol. The van der Waals surface area contributed by atoms with Crippen molar-refractivity contribution < 1.29 is 19.2 Å². The highest BCUT2D eigenvalue weighted by Gasteiger charge is 2.51. The van der Waals surface area contributed by atoms with E-state index >= 15 is 0 Å². The molecule has 8 nitrogen and oxygen atoms in total. The van der Waals surface area contributed by atoms with Gasteiger partial charge in [-0.15, -0.1) is 11.3 Å². The third-order valence-electron chi connectivity index (χ3n) is 5.92. The largest absolute Gasteiger partial charge is 0.365 e. The Hall–Kier alpha value is -3.98. The monoisotopic (exact) mass is 476 g/mol. The summed E-state index contributed by atoms with van der Waals surface area (Å²) in [4.78, 5) is 52.8. The summed E-state index contributed by atoms with van der Waals surface area (Å²) in [5, 5.41) is 5.72. The fourth-order valence-corrected chi connectivity index (χ4v) is 5.36. The number of rotatable bonds is 7. The van der Waals surface area contributed by atoms with Crippen LogP contribution in [-0.2, 0) is 15.1 Å². The van der Waals surface area contributed by atoms with Crippen LogP contribution in [0.2, 0.25) is 0 Å². The molecule has 0 aliphatic carbocycles. The van der Waals surface area contributed by atoms with Gasteiger partial charge in [0.2, 0.25) is 5.91 Å². The van der Waals surface area contributed by atoms with Gasteiger partial charge < -0.3 is 16.4 Å². The summed E-state index contributed by atoms with van der Waals surface area (Å²) in [5.74, 6) is -1.78. The van der Waals surface area contributed by atoms with Crippen molar-refractivity contribution in [2.75, 3.05) is 11.9 Å². The Labute approximate surface area is 200 Å². The van der Waals surface area contributed by atoms with E-state index in [-0.39, 0.29) is 10.6 Å². The minimum atomic E-state index is -1.23. The molecule has 174 valence electrons. The van der Waals surface area contributed by atoms with Gasteiger partial charge in [0.15, 0.2) is 0 Å². The van der Waals surface area contributed by atoms with Gasteiger partial charge in [-0.1, -0.05) is 67.6 Å². The number of primary amides is 1. The predicted octanol–water partition coefficient (Wildman–Crippen LogP) is 3.62. The molecule has 0 radical (unpaired) electrons. The first-order valence-electron chi connectivity index (χ1n) is 10.8. The van der Waals surface area contributed by atoms with Gasteiger partial charge in [-0.3, -0.25) is 19.3 Å². The molecule has 0 spiro atoms. The van der Waals surface area contributed by atoms with Crippen molar-refractivity contribution in [1.29, 1.82) is 0 Å². The van der Waals surface area contributed by atoms with Crippen LogP contribution in [0.15, 0.2) is 60.7 Å². The SMILES string of the molecule is CCC1(c2ccccc2)NC(=O)N(CC(=O)Nc2sc(C)c(-c3ccccc3)c2C(N)=O)C1=O. The number of carbonyl (C=O) groups is 4. The number of hydrogen-bond acceptors (Lipinski definition) is 5. The maximum absolute atomic E-state index is 13.3. The van der Waals surface area contributed by atoms with E-state index in [1.807, 2.05) is 43.3 Å². The third kappa shape index (κ3) is 3.94. The van der Waals surface area contributed by atoms with Crippen LogP contribution < -0.4 is 16.4 Å². The maximum atomic E-state index is 13.3. The lowest BCUT2D eigenvalue weighted by atomic mass is 9.87. The second-order valence-corrected chi connectivity index (χ2v) is 9.19. The minimum absolute atomic E-state index is 0.200. The van der Waals surface area contributed by atoms with Gasteiger partial charge in [-0.25, -0.2) is 4.79 Å². The Morgan fingerprint density at radius 3 is 2.26 bits per heavy atom. The minimum Gasteiger partial charge on any atom is -0.365 e. The fourth-order valence-electron chi connectivity index (χ4n) is 4.26. The van der Waals surface area contributed by atoms with E-state index in [0.29, 0.717) is 17.5 Å². The van der Waals surface area contributed by atoms with Crippen molar-refractivity contribution in [3.63, 3.8) is 0 Å². The first-order chi connectivity index (χ1) is 16.3. The summed E-state index contributed by atoms with van der Waals surface area (Å²) in [5.41, 5.74) is 6.73. The van der Waals surface area contributed by atoms with Crippen LogP contribution >= 0.6 is 11.3 Å². The summed E-state index contributed by atoms with van der Waals surface area (Å²) < 4.78 is 0. The highest BCUT2D eigenvalue weighted by molar-refractivity contribution is 7.17. The van der Waals surface area contributed by atoms with Crippen LogP contribution in [0.4, 0.5) is 9.80 Å². The second-order valence-electron chi connectivity index (χ2n) is 7.96. The first-order valence-corrected chi connectivity index (χ1v) is 11.6. The van der Waals surface area contributed by atoms with Crippen molar-refractivity contribution >= 4 is 40.1 Å². The van der Waals surface area contributed by atoms with Crippen molar-refractivity contribution in [3.05, 3.63) is 76.7 Å². The first kappa shape index (κ1) is 23.2. The average Bonchev–Trinajstić information content (AvgIpc) is 3.28. The highest BCUT2D eigenvalue weighted by atomic mass is 32.1. The zero-order valence-electron chi connectivity index (χ0n) is 18.8. The summed E-state index contributed by atoms with van der Waals surface area (Å²) in [7, 11) is 0. The molecule has 1 aromatic heterocycles. The number of aryl methyl sites for hydroxylation is 1. The molecule has 2 aromatic carbocycles. The Kier molecular flexibility index (Phi) is 6.21. The molecule has 0 bridgehead atoms. The Bertz CT molecular complexity index is 1270. The number of amides is 5. The molecular weight excluding hydrogens is 452 g/mol. The number of anilines is 1. The number of urea groups is 1. The maximum Gasteiger partial charge on any atom is 0.325 e. The second kappa shape index (κ2) is 9.11. The third-order valence-corrected chi connectivity index (χ3v) is 6.94. The lowest BCUT2D eigenvalue weighted by Gasteiger charge is -2.25. The van der Waals surface area contributed by atoms with E-state index in [1.54, 1.807) is 31.2 Å². The molecule has 3 aromatic rings. The molecule has 1 aliphatic heterocycles. The number of imide groups is 1. The Morgan fingerprint density at radius 1 is 1.06 bits per heavy atom. The molecule has 4 N–H and O–H groups in total. The lowest BCUT2D eigenvalue weighted by Crippen LogP contribution is -2.44. The highest BCUT2D eigenvalue weighted by Crippen LogP contribution is 2.39. The zero-order valence-corrected chi connectivity index (χ0v) is 19.6. The number of carbonyl (C=O) groups excluding carboxylic acids is 4. The molecule has 4 rings (SSSR count). The van der Waals surface area contributed by atoms with Gasteiger partial charge in [-0.2, -0.15) is 0 Å². The summed E-state index contributed by atoms with van der Waals surface area (Å²) >= 11 is 1.22. The topological polar surface area (TPSA) is 122 Å².